The molecular weight excluding hydrogens is 342 g/mol. The van der Waals surface area contributed by atoms with Gasteiger partial charge in [0, 0.05) is 6.54 Å². The minimum absolute atomic E-state index is 0.0302. The fourth-order valence-electron chi connectivity index (χ4n) is 4.12. The highest BCUT2D eigenvalue weighted by molar-refractivity contribution is 6.08. The Labute approximate surface area is 158 Å². The number of likely N-dealkylation sites (tertiary alicyclic amines) is 1. The number of fused-ring (bicyclic) bond motifs is 1. The number of carbonyl (C=O) groups excluding carboxylic acids is 3. The summed E-state index contributed by atoms with van der Waals surface area (Å²) in [4.78, 5) is 40.3. The highest BCUT2D eigenvalue weighted by atomic mass is 16.2. The number of rotatable bonds is 3. The second-order valence-corrected chi connectivity index (χ2v) is 7.76. The average Bonchev–Trinajstić information content (AvgIpc) is 3.20. The number of amides is 4. The zero-order valence-electron chi connectivity index (χ0n) is 15.6. The topological polar surface area (TPSA) is 69.7 Å². The predicted octanol–water partition coefficient (Wildman–Crippen LogP) is 2.83. The Morgan fingerprint density at radius 3 is 2.63 bits per heavy atom. The lowest BCUT2D eigenvalue weighted by atomic mass is 9.97. The van der Waals surface area contributed by atoms with Crippen molar-refractivity contribution in [1.82, 2.24) is 15.1 Å². The van der Waals surface area contributed by atoms with Gasteiger partial charge in [0.15, 0.2) is 0 Å². The first kappa shape index (κ1) is 17.5. The lowest BCUT2D eigenvalue weighted by molar-refractivity contribution is -0.139. The van der Waals surface area contributed by atoms with E-state index in [9.17, 15) is 14.4 Å². The third-order valence-corrected chi connectivity index (χ3v) is 5.49. The molecule has 0 saturated carbocycles. The van der Waals surface area contributed by atoms with Crippen LogP contribution in [0, 0.1) is 0 Å². The van der Waals surface area contributed by atoms with Crippen molar-refractivity contribution in [2.45, 2.75) is 38.3 Å². The monoisotopic (exact) mass is 365 g/mol. The maximum atomic E-state index is 13.0. The summed E-state index contributed by atoms with van der Waals surface area (Å²) in [6.07, 6.45) is 1.79. The fraction of sp³-hybridized carbons (Fsp3) is 0.381. The third kappa shape index (κ3) is 2.95. The zero-order valence-corrected chi connectivity index (χ0v) is 15.6. The van der Waals surface area contributed by atoms with E-state index in [-0.39, 0.29) is 24.4 Å². The van der Waals surface area contributed by atoms with Gasteiger partial charge >= 0.3 is 6.03 Å². The van der Waals surface area contributed by atoms with Gasteiger partial charge in [-0.3, -0.25) is 14.5 Å². The van der Waals surface area contributed by atoms with Gasteiger partial charge in [0.1, 0.15) is 12.1 Å². The summed E-state index contributed by atoms with van der Waals surface area (Å²) in [7, 11) is 0. The van der Waals surface area contributed by atoms with Crippen molar-refractivity contribution in [3.63, 3.8) is 0 Å². The highest BCUT2D eigenvalue weighted by Gasteiger charge is 2.45. The minimum atomic E-state index is -0.961. The molecule has 0 radical (unpaired) electrons. The van der Waals surface area contributed by atoms with Crippen LogP contribution in [0.25, 0.3) is 10.8 Å². The Bertz CT molecular complexity index is 932. The van der Waals surface area contributed by atoms with Crippen LogP contribution < -0.4 is 5.32 Å². The van der Waals surface area contributed by atoms with Crippen molar-refractivity contribution in [2.75, 3.05) is 13.1 Å². The van der Waals surface area contributed by atoms with Crippen molar-refractivity contribution in [3.05, 3.63) is 48.0 Å². The average molecular weight is 365 g/mol. The Balaban J connectivity index is 1.59. The van der Waals surface area contributed by atoms with Crippen LogP contribution >= 0.6 is 0 Å². The normalized spacial score (nSPS) is 21.8. The van der Waals surface area contributed by atoms with E-state index < -0.39 is 11.6 Å². The maximum absolute atomic E-state index is 13.0. The van der Waals surface area contributed by atoms with Gasteiger partial charge in [-0.2, -0.15) is 0 Å². The molecule has 2 aliphatic heterocycles. The number of benzene rings is 2. The Morgan fingerprint density at radius 2 is 1.89 bits per heavy atom. The van der Waals surface area contributed by atoms with E-state index in [1.54, 1.807) is 13.8 Å². The molecule has 4 rings (SSSR count). The van der Waals surface area contributed by atoms with Gasteiger partial charge < -0.3 is 10.2 Å². The van der Waals surface area contributed by atoms with Crippen LogP contribution in [0.4, 0.5) is 4.79 Å². The molecule has 2 heterocycles. The van der Waals surface area contributed by atoms with E-state index in [2.05, 4.69) is 29.6 Å². The molecule has 1 unspecified atom stereocenters. The van der Waals surface area contributed by atoms with E-state index in [1.807, 2.05) is 23.1 Å². The summed E-state index contributed by atoms with van der Waals surface area (Å²) in [6, 6.07) is 13.8. The molecule has 6 nitrogen and oxygen atoms in total. The molecule has 4 amide bonds. The van der Waals surface area contributed by atoms with Crippen molar-refractivity contribution in [1.29, 1.82) is 0 Å². The molecule has 0 bridgehead atoms. The van der Waals surface area contributed by atoms with Crippen molar-refractivity contribution in [2.24, 2.45) is 0 Å². The Kier molecular flexibility index (Phi) is 4.13. The maximum Gasteiger partial charge on any atom is 0.325 e. The quantitative estimate of drug-likeness (QED) is 0.851. The van der Waals surface area contributed by atoms with Gasteiger partial charge in [0.05, 0.1) is 6.04 Å². The van der Waals surface area contributed by atoms with Crippen LogP contribution in [0.15, 0.2) is 42.5 Å². The van der Waals surface area contributed by atoms with E-state index in [0.29, 0.717) is 6.54 Å². The number of nitrogens with zero attached hydrogens (tertiary/aromatic N) is 2. The second kappa shape index (κ2) is 6.37. The molecule has 27 heavy (non-hydrogen) atoms. The van der Waals surface area contributed by atoms with Gasteiger partial charge in [-0.15, -0.1) is 0 Å². The molecule has 140 valence electrons. The summed E-state index contributed by atoms with van der Waals surface area (Å²) in [5.41, 5.74) is 0.161. The number of imide groups is 1. The lowest BCUT2D eigenvalue weighted by Gasteiger charge is -2.27. The van der Waals surface area contributed by atoms with Gasteiger partial charge in [-0.05, 0) is 43.0 Å². The van der Waals surface area contributed by atoms with Gasteiger partial charge in [-0.25, -0.2) is 4.79 Å². The third-order valence-electron chi connectivity index (χ3n) is 5.49. The molecule has 6 heteroatoms. The molecule has 2 saturated heterocycles. The van der Waals surface area contributed by atoms with Crippen molar-refractivity contribution >= 4 is 28.6 Å². The van der Waals surface area contributed by atoms with E-state index in [0.717, 1.165) is 34.1 Å². The molecule has 2 fully saturated rings. The second-order valence-electron chi connectivity index (χ2n) is 7.76. The summed E-state index contributed by atoms with van der Waals surface area (Å²) < 4.78 is 0. The van der Waals surface area contributed by atoms with E-state index in [1.165, 1.54) is 0 Å². The SMILES string of the molecule is CC1(C)NC(=O)N(CC(=O)N2CCCC2c2cccc3ccccc23)C1=O. The molecule has 2 aliphatic rings. The summed E-state index contributed by atoms with van der Waals surface area (Å²) in [5, 5.41) is 4.91. The molecule has 2 aromatic carbocycles. The number of hydrogen-bond donors (Lipinski definition) is 1. The lowest BCUT2D eigenvalue weighted by Crippen LogP contribution is -2.44. The molecule has 1 N–H and O–H groups in total. The van der Waals surface area contributed by atoms with Crippen LogP contribution in [0.3, 0.4) is 0 Å². The molecule has 1 atom stereocenters. The number of hydrogen-bond acceptors (Lipinski definition) is 3. The predicted molar refractivity (Wildman–Crippen MR) is 102 cm³/mol. The summed E-state index contributed by atoms with van der Waals surface area (Å²) in [6.45, 7) is 3.72. The highest BCUT2D eigenvalue weighted by Crippen LogP contribution is 2.36. The summed E-state index contributed by atoms with van der Waals surface area (Å²) >= 11 is 0. The van der Waals surface area contributed by atoms with Crippen molar-refractivity contribution in [3.8, 4) is 0 Å². The van der Waals surface area contributed by atoms with Gasteiger partial charge in [0.25, 0.3) is 5.91 Å². The first-order valence-electron chi connectivity index (χ1n) is 9.30. The zero-order chi connectivity index (χ0) is 19.2. The van der Waals surface area contributed by atoms with Gasteiger partial charge in [-0.1, -0.05) is 42.5 Å². The standard InChI is InChI=1S/C21H23N3O3/c1-21(2)19(26)24(20(27)22-21)13-18(25)23-12-6-11-17(23)16-10-5-8-14-7-3-4-9-15(14)16/h3-5,7-10,17H,6,11-13H2,1-2H3,(H,22,27). The summed E-state index contributed by atoms with van der Waals surface area (Å²) in [5.74, 6) is -0.548. The Hall–Kier alpha value is -2.89. The van der Waals surface area contributed by atoms with Crippen LogP contribution in [-0.2, 0) is 9.59 Å². The van der Waals surface area contributed by atoms with Crippen LogP contribution in [-0.4, -0.2) is 46.3 Å². The van der Waals surface area contributed by atoms with Gasteiger partial charge in [0.2, 0.25) is 5.91 Å². The smallest absolute Gasteiger partial charge is 0.325 e. The Morgan fingerprint density at radius 1 is 1.15 bits per heavy atom. The molecule has 0 spiro atoms. The van der Waals surface area contributed by atoms with Crippen LogP contribution in [0.5, 0.6) is 0 Å². The minimum Gasteiger partial charge on any atom is -0.334 e. The van der Waals surface area contributed by atoms with Crippen LogP contribution in [0.2, 0.25) is 0 Å². The van der Waals surface area contributed by atoms with Crippen LogP contribution in [0.1, 0.15) is 38.3 Å². The number of nitrogens with one attached hydrogen (secondary N) is 1. The molecule has 0 aliphatic carbocycles. The first-order valence-corrected chi connectivity index (χ1v) is 9.30. The largest absolute Gasteiger partial charge is 0.334 e. The van der Waals surface area contributed by atoms with Crippen molar-refractivity contribution < 1.29 is 14.4 Å². The molecular formula is C21H23N3O3. The van der Waals surface area contributed by atoms with E-state index in [4.69, 9.17) is 0 Å². The van der Waals surface area contributed by atoms with E-state index >= 15 is 0 Å². The molecule has 2 aromatic rings. The fourth-order valence-corrected chi connectivity index (χ4v) is 4.12. The first-order chi connectivity index (χ1) is 12.9. The molecule has 0 aromatic heterocycles. The number of carbonyl (C=O) groups is 3. The number of urea groups is 1.